The largest absolute Gasteiger partial charge is 0.248 e. The topological polar surface area (TPSA) is 59.9 Å². The lowest BCUT2D eigenvalue weighted by atomic mass is 10.7. The van der Waals surface area contributed by atoms with Gasteiger partial charge in [-0.1, -0.05) is 11.6 Å². The molecule has 0 saturated heterocycles. The van der Waals surface area contributed by atoms with Crippen LogP contribution in [-0.2, 0) is 9.84 Å². The summed E-state index contributed by atoms with van der Waals surface area (Å²) in [7, 11) is -3.37. The van der Waals surface area contributed by atoms with Gasteiger partial charge >= 0.3 is 0 Å². The first-order valence-electron chi connectivity index (χ1n) is 2.79. The highest BCUT2D eigenvalue weighted by Crippen LogP contribution is 2.19. The summed E-state index contributed by atoms with van der Waals surface area (Å²) in [4.78, 5) is 7.14. The van der Waals surface area contributed by atoms with Crippen molar-refractivity contribution in [2.75, 3.05) is 6.26 Å². The average molecular weight is 272 g/mol. The van der Waals surface area contributed by atoms with Crippen LogP contribution in [0.2, 0.25) is 5.15 Å². The molecule has 0 spiro atoms. The van der Waals surface area contributed by atoms with Gasteiger partial charge in [0.2, 0.25) is 15.0 Å². The third-order valence-electron chi connectivity index (χ3n) is 1.01. The lowest BCUT2D eigenvalue weighted by Crippen LogP contribution is -2.03. The van der Waals surface area contributed by atoms with Crippen molar-refractivity contribution in [3.8, 4) is 0 Å². The second kappa shape index (κ2) is 3.27. The highest BCUT2D eigenvalue weighted by atomic mass is 79.9. The zero-order chi connectivity index (χ0) is 9.35. The van der Waals surface area contributed by atoms with E-state index in [1.807, 2.05) is 0 Å². The molecule has 0 aliphatic carbocycles. The minimum Gasteiger partial charge on any atom is -0.226 e. The zero-order valence-corrected chi connectivity index (χ0v) is 9.11. The molecule has 1 rings (SSSR count). The number of nitrogens with zero attached hydrogens (tertiary/aromatic N) is 2. The van der Waals surface area contributed by atoms with Crippen LogP contribution in [0.1, 0.15) is 0 Å². The van der Waals surface area contributed by atoms with Crippen LogP contribution in [-0.4, -0.2) is 24.6 Å². The maximum atomic E-state index is 10.9. The zero-order valence-electron chi connectivity index (χ0n) is 5.95. The molecule has 1 aromatic heterocycles. The summed E-state index contributed by atoms with van der Waals surface area (Å²) >= 11 is 8.60. The van der Waals surface area contributed by atoms with E-state index in [1.54, 1.807) is 0 Å². The Balaban J connectivity index is 3.33. The number of rotatable bonds is 1. The Kier molecular flexibility index (Phi) is 2.70. The Morgan fingerprint density at radius 2 is 2.17 bits per heavy atom. The van der Waals surface area contributed by atoms with Crippen LogP contribution in [0.3, 0.4) is 0 Å². The van der Waals surface area contributed by atoms with E-state index in [0.717, 1.165) is 6.26 Å². The molecular formula is C5H4BrClN2O2S. The molecule has 0 radical (unpaired) electrons. The lowest BCUT2D eigenvalue weighted by Gasteiger charge is -1.97. The summed E-state index contributed by atoms with van der Waals surface area (Å²) < 4.78 is 22.3. The van der Waals surface area contributed by atoms with Crippen LogP contribution in [0, 0.1) is 0 Å². The average Bonchev–Trinajstić information content (AvgIpc) is 1.92. The fourth-order valence-corrected chi connectivity index (χ4v) is 1.38. The third-order valence-corrected chi connectivity index (χ3v) is 2.97. The van der Waals surface area contributed by atoms with E-state index < -0.39 is 9.84 Å². The molecule has 66 valence electrons. The SMILES string of the molecule is CS(=O)(=O)c1ncc(Br)c(Cl)n1. The monoisotopic (exact) mass is 270 g/mol. The summed E-state index contributed by atoms with van der Waals surface area (Å²) in [6.07, 6.45) is 2.32. The van der Waals surface area contributed by atoms with Crippen LogP contribution >= 0.6 is 27.5 Å². The predicted molar refractivity (Wildman–Crippen MR) is 47.9 cm³/mol. The van der Waals surface area contributed by atoms with Gasteiger partial charge in [0.05, 0.1) is 4.47 Å². The molecule has 0 amide bonds. The fraction of sp³-hybridized carbons (Fsp3) is 0.200. The van der Waals surface area contributed by atoms with Crippen LogP contribution < -0.4 is 0 Å². The quantitative estimate of drug-likeness (QED) is 0.570. The first kappa shape index (κ1) is 9.88. The lowest BCUT2D eigenvalue weighted by molar-refractivity contribution is 0.593. The van der Waals surface area contributed by atoms with E-state index in [-0.39, 0.29) is 10.3 Å². The predicted octanol–water partition coefficient (Wildman–Crippen LogP) is 1.30. The number of sulfone groups is 1. The standard InChI is InChI=1S/C5H4BrClN2O2S/c1-12(10,11)5-8-2-3(6)4(7)9-5/h2H,1H3. The third kappa shape index (κ3) is 2.15. The minimum atomic E-state index is -3.37. The fourth-order valence-electron chi connectivity index (χ4n) is 0.510. The Labute approximate surface area is 83.0 Å². The maximum absolute atomic E-state index is 10.9. The second-order valence-electron chi connectivity index (χ2n) is 2.06. The Hall–Kier alpha value is -0.200. The van der Waals surface area contributed by atoms with Gasteiger partial charge in [-0.2, -0.15) is 0 Å². The molecule has 1 aromatic rings. The highest BCUT2D eigenvalue weighted by molar-refractivity contribution is 9.10. The molecule has 4 nitrogen and oxygen atoms in total. The molecule has 0 aromatic carbocycles. The van der Waals surface area contributed by atoms with Gasteiger partial charge in [0.1, 0.15) is 5.15 Å². The van der Waals surface area contributed by atoms with Crippen molar-refractivity contribution in [3.63, 3.8) is 0 Å². The van der Waals surface area contributed by atoms with Crippen LogP contribution in [0.5, 0.6) is 0 Å². The first-order valence-corrected chi connectivity index (χ1v) is 5.85. The van der Waals surface area contributed by atoms with E-state index in [4.69, 9.17) is 11.6 Å². The maximum Gasteiger partial charge on any atom is 0.248 e. The van der Waals surface area contributed by atoms with E-state index in [9.17, 15) is 8.42 Å². The van der Waals surface area contributed by atoms with Crippen molar-refractivity contribution < 1.29 is 8.42 Å². The van der Waals surface area contributed by atoms with Gasteiger partial charge < -0.3 is 0 Å². The Morgan fingerprint density at radius 1 is 1.58 bits per heavy atom. The molecule has 12 heavy (non-hydrogen) atoms. The van der Waals surface area contributed by atoms with Gasteiger partial charge in [-0.15, -0.1) is 0 Å². The first-order chi connectivity index (χ1) is 5.41. The van der Waals surface area contributed by atoms with Crippen LogP contribution in [0.4, 0.5) is 0 Å². The van der Waals surface area contributed by atoms with Gasteiger partial charge in [0, 0.05) is 12.5 Å². The Bertz CT molecular complexity index is 406. The van der Waals surface area contributed by atoms with Crippen LogP contribution in [0.15, 0.2) is 15.8 Å². The van der Waals surface area contributed by atoms with E-state index in [0.29, 0.717) is 4.47 Å². The summed E-state index contributed by atoms with van der Waals surface area (Å²) in [5.74, 6) is 0. The summed E-state index contributed by atoms with van der Waals surface area (Å²) in [5.41, 5.74) is 0. The van der Waals surface area contributed by atoms with Gasteiger partial charge in [-0.25, -0.2) is 18.4 Å². The number of hydrogen-bond donors (Lipinski definition) is 0. The van der Waals surface area contributed by atoms with Crippen molar-refractivity contribution in [2.24, 2.45) is 0 Å². The van der Waals surface area contributed by atoms with Gasteiger partial charge in [0.15, 0.2) is 0 Å². The molecule has 0 aliphatic heterocycles. The van der Waals surface area contributed by atoms with E-state index >= 15 is 0 Å². The van der Waals surface area contributed by atoms with Crippen LogP contribution in [0.25, 0.3) is 0 Å². The molecule has 0 unspecified atom stereocenters. The second-order valence-corrected chi connectivity index (χ2v) is 5.19. The van der Waals surface area contributed by atoms with Crippen molar-refractivity contribution in [3.05, 3.63) is 15.8 Å². The van der Waals surface area contributed by atoms with E-state index in [1.165, 1.54) is 6.20 Å². The Morgan fingerprint density at radius 3 is 2.58 bits per heavy atom. The molecule has 0 atom stereocenters. The number of hydrogen-bond acceptors (Lipinski definition) is 4. The summed E-state index contributed by atoms with van der Waals surface area (Å²) in [6, 6.07) is 0. The molecule has 0 aliphatic rings. The summed E-state index contributed by atoms with van der Waals surface area (Å²) in [6.45, 7) is 0. The molecule has 0 saturated carbocycles. The minimum absolute atomic E-state index is 0.0884. The molecule has 7 heteroatoms. The normalized spacial score (nSPS) is 11.6. The van der Waals surface area contributed by atoms with Crippen molar-refractivity contribution in [2.45, 2.75) is 5.16 Å². The molecule has 0 bridgehead atoms. The number of halogens is 2. The van der Waals surface area contributed by atoms with E-state index in [2.05, 4.69) is 25.9 Å². The van der Waals surface area contributed by atoms with Crippen molar-refractivity contribution in [1.82, 2.24) is 9.97 Å². The molecular weight excluding hydrogens is 267 g/mol. The highest BCUT2D eigenvalue weighted by Gasteiger charge is 2.12. The van der Waals surface area contributed by atoms with Gasteiger partial charge in [-0.3, -0.25) is 0 Å². The van der Waals surface area contributed by atoms with Gasteiger partial charge in [0.25, 0.3) is 0 Å². The van der Waals surface area contributed by atoms with Gasteiger partial charge in [-0.05, 0) is 15.9 Å². The van der Waals surface area contributed by atoms with Crippen molar-refractivity contribution >= 4 is 37.4 Å². The summed E-state index contributed by atoms with van der Waals surface area (Å²) in [5, 5.41) is -0.180. The molecule has 0 N–H and O–H groups in total. The van der Waals surface area contributed by atoms with Crippen molar-refractivity contribution in [1.29, 1.82) is 0 Å². The molecule has 1 heterocycles. The molecule has 0 fully saturated rings. The number of aromatic nitrogens is 2. The smallest absolute Gasteiger partial charge is 0.226 e.